The molecule has 0 spiro atoms. The van der Waals surface area contributed by atoms with E-state index < -0.39 is 5.41 Å². The lowest BCUT2D eigenvalue weighted by atomic mass is 9.95. The van der Waals surface area contributed by atoms with E-state index in [1.165, 1.54) is 11.1 Å². The number of nitrogens with zero attached hydrogens (tertiary/aromatic N) is 2. The van der Waals surface area contributed by atoms with E-state index in [0.717, 1.165) is 51.1 Å². The van der Waals surface area contributed by atoms with Crippen LogP contribution >= 0.6 is 0 Å². The van der Waals surface area contributed by atoms with E-state index in [1.54, 1.807) is 0 Å². The van der Waals surface area contributed by atoms with E-state index in [4.69, 9.17) is 0 Å². The van der Waals surface area contributed by atoms with E-state index in [0.29, 0.717) is 11.3 Å². The number of likely N-dealkylation sites (tertiary alicyclic amines) is 1. The van der Waals surface area contributed by atoms with Crippen LogP contribution in [0.5, 0.6) is 0 Å². The van der Waals surface area contributed by atoms with Crippen LogP contribution in [0.2, 0.25) is 0 Å². The molecule has 2 amide bonds. The van der Waals surface area contributed by atoms with E-state index in [-0.39, 0.29) is 11.8 Å². The van der Waals surface area contributed by atoms with Crippen LogP contribution in [0.4, 0.5) is 11.4 Å². The van der Waals surface area contributed by atoms with Crippen molar-refractivity contribution in [2.45, 2.75) is 46.6 Å². The molecular weight excluding hydrogens is 374 g/mol. The van der Waals surface area contributed by atoms with Crippen LogP contribution in [0.3, 0.4) is 0 Å². The Kier molecular flexibility index (Phi) is 5.54. The average Bonchev–Trinajstić information content (AvgIpc) is 3.27. The van der Waals surface area contributed by atoms with Crippen molar-refractivity contribution in [1.82, 2.24) is 4.90 Å². The minimum atomic E-state index is -0.492. The summed E-state index contributed by atoms with van der Waals surface area (Å²) in [5.41, 5.74) is 4.52. The molecule has 0 atom stereocenters. The van der Waals surface area contributed by atoms with Crippen molar-refractivity contribution in [3.63, 3.8) is 0 Å². The second-order valence-electron chi connectivity index (χ2n) is 9.38. The molecule has 2 aromatic rings. The molecule has 0 saturated carbocycles. The Bertz CT molecular complexity index is 955. The van der Waals surface area contributed by atoms with Gasteiger partial charge in [0, 0.05) is 43.0 Å². The van der Waals surface area contributed by atoms with Crippen molar-refractivity contribution in [3.05, 3.63) is 59.2 Å². The molecule has 1 fully saturated rings. The van der Waals surface area contributed by atoms with Crippen molar-refractivity contribution in [2.75, 3.05) is 29.9 Å². The number of benzene rings is 2. The number of carbonyl (C=O) groups excluding carboxylic acids is 2. The molecule has 1 saturated heterocycles. The van der Waals surface area contributed by atoms with Gasteiger partial charge in [0.25, 0.3) is 5.91 Å². The Hall–Kier alpha value is -2.82. The zero-order chi connectivity index (χ0) is 21.3. The summed E-state index contributed by atoms with van der Waals surface area (Å²) in [5, 5.41) is 2.99. The summed E-state index contributed by atoms with van der Waals surface area (Å²) in [5.74, 6) is 0.00920. The van der Waals surface area contributed by atoms with Gasteiger partial charge in [-0.05, 0) is 48.6 Å². The Morgan fingerprint density at radius 3 is 2.33 bits per heavy atom. The number of rotatable bonds is 3. The Labute approximate surface area is 179 Å². The van der Waals surface area contributed by atoms with Gasteiger partial charge < -0.3 is 15.1 Å². The van der Waals surface area contributed by atoms with Crippen LogP contribution in [-0.4, -0.2) is 36.3 Å². The zero-order valence-corrected chi connectivity index (χ0v) is 18.2. The van der Waals surface area contributed by atoms with Crippen LogP contribution in [0.1, 0.15) is 55.1 Å². The van der Waals surface area contributed by atoms with Gasteiger partial charge in [0.05, 0.1) is 5.56 Å². The van der Waals surface area contributed by atoms with E-state index in [1.807, 2.05) is 43.9 Å². The molecule has 2 heterocycles. The molecule has 30 heavy (non-hydrogen) atoms. The second-order valence-corrected chi connectivity index (χ2v) is 9.38. The summed E-state index contributed by atoms with van der Waals surface area (Å²) in [4.78, 5) is 30.1. The molecule has 0 radical (unpaired) electrons. The monoisotopic (exact) mass is 405 g/mol. The summed E-state index contributed by atoms with van der Waals surface area (Å²) in [6.07, 6.45) is 3.08. The summed E-state index contributed by atoms with van der Waals surface area (Å²) in [6.45, 7) is 8.95. The Morgan fingerprint density at radius 1 is 0.933 bits per heavy atom. The molecule has 158 valence electrons. The summed E-state index contributed by atoms with van der Waals surface area (Å²) in [6, 6.07) is 14.3. The predicted molar refractivity (Wildman–Crippen MR) is 121 cm³/mol. The van der Waals surface area contributed by atoms with Crippen molar-refractivity contribution < 1.29 is 9.59 Å². The first-order chi connectivity index (χ1) is 14.3. The zero-order valence-electron chi connectivity index (χ0n) is 18.2. The molecule has 1 N–H and O–H groups in total. The lowest BCUT2D eigenvalue weighted by Gasteiger charge is -2.33. The normalized spacial score (nSPS) is 16.4. The number of nitrogens with one attached hydrogen (secondary N) is 1. The molecule has 5 nitrogen and oxygen atoms in total. The molecule has 4 rings (SSSR count). The third-order valence-corrected chi connectivity index (χ3v) is 6.03. The van der Waals surface area contributed by atoms with Gasteiger partial charge in [-0.25, -0.2) is 0 Å². The van der Waals surface area contributed by atoms with Crippen molar-refractivity contribution in [3.8, 4) is 0 Å². The van der Waals surface area contributed by atoms with Gasteiger partial charge in [-0.2, -0.15) is 0 Å². The highest BCUT2D eigenvalue weighted by Gasteiger charge is 2.27. The highest BCUT2D eigenvalue weighted by atomic mass is 16.2. The number of hydrogen-bond donors (Lipinski definition) is 1. The fourth-order valence-corrected chi connectivity index (χ4v) is 4.17. The largest absolute Gasteiger partial charge is 0.366 e. The van der Waals surface area contributed by atoms with Crippen LogP contribution in [0.15, 0.2) is 42.5 Å². The molecule has 5 heteroatoms. The smallest absolute Gasteiger partial charge is 0.256 e. The van der Waals surface area contributed by atoms with Gasteiger partial charge in [0.1, 0.15) is 0 Å². The number of anilines is 2. The minimum absolute atomic E-state index is 0.0540. The maximum Gasteiger partial charge on any atom is 0.256 e. The van der Waals surface area contributed by atoms with Gasteiger partial charge in [-0.1, -0.05) is 45.0 Å². The number of carbonyl (C=O) groups is 2. The molecule has 2 aromatic carbocycles. The molecule has 0 aliphatic carbocycles. The Balaban J connectivity index is 1.67. The average molecular weight is 406 g/mol. The first-order valence-corrected chi connectivity index (χ1v) is 10.9. The third-order valence-electron chi connectivity index (χ3n) is 6.03. The predicted octanol–water partition coefficient (Wildman–Crippen LogP) is 4.47. The van der Waals surface area contributed by atoms with Gasteiger partial charge in [-0.3, -0.25) is 9.59 Å². The maximum absolute atomic E-state index is 13.4. The first kappa shape index (κ1) is 20.5. The van der Waals surface area contributed by atoms with Crippen LogP contribution in [-0.2, 0) is 17.8 Å². The highest BCUT2D eigenvalue weighted by Crippen LogP contribution is 2.31. The minimum Gasteiger partial charge on any atom is -0.366 e. The Morgan fingerprint density at radius 2 is 1.63 bits per heavy atom. The number of hydrogen-bond acceptors (Lipinski definition) is 3. The first-order valence-electron chi connectivity index (χ1n) is 10.9. The van der Waals surface area contributed by atoms with Gasteiger partial charge in [0.2, 0.25) is 5.91 Å². The SMILES string of the molecule is CC(C)(C)C(=O)Nc1ccc(N2CCc3ccccc3C2)c(C(=O)N2CCCC2)c1. The lowest BCUT2D eigenvalue weighted by molar-refractivity contribution is -0.123. The topological polar surface area (TPSA) is 52.7 Å². The second kappa shape index (κ2) is 8.13. The van der Waals surface area contributed by atoms with Gasteiger partial charge in [-0.15, -0.1) is 0 Å². The van der Waals surface area contributed by atoms with E-state index in [9.17, 15) is 9.59 Å². The van der Waals surface area contributed by atoms with Gasteiger partial charge >= 0.3 is 0 Å². The summed E-state index contributed by atoms with van der Waals surface area (Å²) < 4.78 is 0. The van der Waals surface area contributed by atoms with E-state index >= 15 is 0 Å². The number of amides is 2. The summed E-state index contributed by atoms with van der Waals surface area (Å²) in [7, 11) is 0. The quantitative estimate of drug-likeness (QED) is 0.820. The van der Waals surface area contributed by atoms with E-state index in [2.05, 4.69) is 34.5 Å². The van der Waals surface area contributed by atoms with Crippen LogP contribution in [0, 0.1) is 5.41 Å². The van der Waals surface area contributed by atoms with Crippen LogP contribution < -0.4 is 10.2 Å². The lowest BCUT2D eigenvalue weighted by Crippen LogP contribution is -2.34. The fraction of sp³-hybridized carbons (Fsp3) is 0.440. The van der Waals surface area contributed by atoms with Crippen molar-refractivity contribution >= 4 is 23.2 Å². The number of fused-ring (bicyclic) bond motifs is 1. The van der Waals surface area contributed by atoms with Crippen molar-refractivity contribution in [2.24, 2.45) is 5.41 Å². The molecule has 2 aliphatic rings. The van der Waals surface area contributed by atoms with Gasteiger partial charge in [0.15, 0.2) is 0 Å². The van der Waals surface area contributed by atoms with Crippen molar-refractivity contribution in [1.29, 1.82) is 0 Å². The van der Waals surface area contributed by atoms with Crippen LogP contribution in [0.25, 0.3) is 0 Å². The molecule has 0 unspecified atom stereocenters. The molecular formula is C25H31N3O2. The molecule has 2 aliphatic heterocycles. The third kappa shape index (κ3) is 4.20. The molecule has 0 bridgehead atoms. The summed E-state index contributed by atoms with van der Waals surface area (Å²) >= 11 is 0. The standard InChI is InChI=1S/C25H31N3O2/c1-25(2,3)24(30)26-20-10-11-22(21(16-20)23(29)27-13-6-7-14-27)28-15-12-18-8-4-5-9-19(18)17-28/h4-5,8-11,16H,6-7,12-15,17H2,1-3H3,(H,26,30). The highest BCUT2D eigenvalue weighted by molar-refractivity contribution is 6.02. The molecule has 0 aromatic heterocycles. The maximum atomic E-state index is 13.4. The fourth-order valence-electron chi connectivity index (χ4n) is 4.17.